The maximum absolute atomic E-state index is 14.2. The molecule has 3 heterocycles. The monoisotopic (exact) mass is 554 g/mol. The summed E-state index contributed by atoms with van der Waals surface area (Å²) in [5, 5.41) is 1.07. The van der Waals surface area contributed by atoms with Gasteiger partial charge in [0.2, 0.25) is 0 Å². The largest absolute Gasteiger partial charge is 0.496 e. The number of amides is 1. The van der Waals surface area contributed by atoms with Crippen molar-refractivity contribution in [3.8, 4) is 5.75 Å². The van der Waals surface area contributed by atoms with Gasteiger partial charge in [0.1, 0.15) is 11.8 Å². The van der Waals surface area contributed by atoms with E-state index in [4.69, 9.17) is 9.73 Å². The van der Waals surface area contributed by atoms with Crippen LogP contribution in [-0.2, 0) is 11.3 Å². The van der Waals surface area contributed by atoms with Crippen molar-refractivity contribution >= 4 is 34.2 Å². The fourth-order valence-electron chi connectivity index (χ4n) is 5.60. The fourth-order valence-corrected chi connectivity index (χ4v) is 6.63. The number of aromatic nitrogens is 2. The molecule has 5 rings (SSSR count). The number of allylic oxidation sites excluding steroid dienone is 2. The smallest absolute Gasteiger partial charge is 0.271 e. The highest BCUT2D eigenvalue weighted by atomic mass is 32.1. The summed E-state index contributed by atoms with van der Waals surface area (Å²) < 4.78 is 10.1. The maximum atomic E-state index is 14.2. The predicted octanol–water partition coefficient (Wildman–Crippen LogP) is 4.56. The zero-order valence-corrected chi connectivity index (χ0v) is 24.4. The van der Waals surface area contributed by atoms with Gasteiger partial charge < -0.3 is 14.2 Å². The van der Waals surface area contributed by atoms with Crippen LogP contribution in [-0.4, -0.2) is 40.1 Å². The highest BCUT2D eigenvalue weighted by Gasteiger charge is 2.35. The Morgan fingerprint density at radius 1 is 1.12 bits per heavy atom. The highest BCUT2D eigenvalue weighted by molar-refractivity contribution is 7.07. The van der Waals surface area contributed by atoms with Gasteiger partial charge in [-0.15, -0.1) is 6.58 Å². The summed E-state index contributed by atoms with van der Waals surface area (Å²) in [6, 6.07) is 15.1. The second-order valence-electron chi connectivity index (χ2n) is 9.72. The second kappa shape index (κ2) is 11.1. The van der Waals surface area contributed by atoms with E-state index in [1.54, 1.807) is 16.6 Å². The van der Waals surface area contributed by atoms with E-state index in [9.17, 15) is 9.59 Å². The zero-order chi connectivity index (χ0) is 28.6. The van der Waals surface area contributed by atoms with Gasteiger partial charge in [0, 0.05) is 47.4 Å². The van der Waals surface area contributed by atoms with Gasteiger partial charge in [0.05, 0.1) is 22.9 Å². The van der Waals surface area contributed by atoms with Crippen molar-refractivity contribution in [3.05, 3.63) is 109 Å². The molecule has 0 bridgehead atoms. The average Bonchev–Trinajstić information content (AvgIpc) is 3.41. The molecule has 0 N–H and O–H groups in total. The molecule has 2 aromatic heterocycles. The van der Waals surface area contributed by atoms with E-state index in [0.717, 1.165) is 27.7 Å². The third-order valence-electron chi connectivity index (χ3n) is 7.60. The van der Waals surface area contributed by atoms with Gasteiger partial charge in [-0.1, -0.05) is 53.8 Å². The number of thiazole rings is 1. The molecule has 1 atom stereocenters. The fraction of sp³-hybridized carbons (Fsp3) is 0.281. The van der Waals surface area contributed by atoms with Crippen LogP contribution in [0.1, 0.15) is 43.6 Å². The molecule has 206 valence electrons. The van der Waals surface area contributed by atoms with Crippen molar-refractivity contribution in [2.45, 2.75) is 40.3 Å². The Morgan fingerprint density at radius 3 is 2.52 bits per heavy atom. The van der Waals surface area contributed by atoms with Gasteiger partial charge in [-0.2, -0.15) is 0 Å². The summed E-state index contributed by atoms with van der Waals surface area (Å²) in [6.45, 7) is 13.5. The molecule has 1 aliphatic heterocycles. The molecule has 0 aliphatic carbocycles. The van der Waals surface area contributed by atoms with Gasteiger partial charge in [0.25, 0.3) is 11.5 Å². The second-order valence-corrected chi connectivity index (χ2v) is 10.7. The normalized spacial score (nSPS) is 15.2. The molecular weight excluding hydrogens is 520 g/mol. The van der Waals surface area contributed by atoms with Crippen LogP contribution in [0, 0.1) is 6.92 Å². The molecule has 8 heteroatoms. The van der Waals surface area contributed by atoms with Crippen LogP contribution in [0.3, 0.4) is 0 Å². The number of carbonyl (C=O) groups is 1. The van der Waals surface area contributed by atoms with Crippen LogP contribution in [0.5, 0.6) is 5.75 Å². The standard InChI is InChI=1S/C32H34N4O3S/c1-7-18-35-21(5)24(22-14-10-12-16-25(22)35)19-27-30(37)36-29(23-15-11-13-17-26(23)39-6)28(20(4)33-32(36)40-27)31(38)34(8-2)9-3/h7,10-17,19,29H,1,8-9,18H2,2-6H3/b27-19+/t29-/m0/s1. The molecule has 0 fully saturated rings. The van der Waals surface area contributed by atoms with Crippen LogP contribution in [0.4, 0.5) is 0 Å². The molecule has 1 aliphatic rings. The molecule has 0 spiro atoms. The molecule has 40 heavy (non-hydrogen) atoms. The number of nitrogens with zero attached hydrogens (tertiary/aromatic N) is 4. The number of para-hydroxylation sites is 2. The number of carbonyl (C=O) groups excluding carboxylic acids is 1. The number of ether oxygens (including phenoxy) is 1. The number of likely N-dealkylation sites (N-methyl/N-ethyl adjacent to an activating group) is 1. The van der Waals surface area contributed by atoms with E-state index in [-0.39, 0.29) is 11.5 Å². The minimum absolute atomic E-state index is 0.125. The van der Waals surface area contributed by atoms with E-state index in [0.29, 0.717) is 46.0 Å². The first kappa shape index (κ1) is 27.4. The summed E-state index contributed by atoms with van der Waals surface area (Å²) in [5.74, 6) is 0.491. The molecule has 1 amide bonds. The molecule has 7 nitrogen and oxygen atoms in total. The van der Waals surface area contributed by atoms with E-state index in [2.05, 4.69) is 30.2 Å². The molecule has 0 radical (unpaired) electrons. The Bertz CT molecular complexity index is 1840. The minimum atomic E-state index is -0.661. The van der Waals surface area contributed by atoms with Crippen LogP contribution in [0.25, 0.3) is 17.0 Å². The lowest BCUT2D eigenvalue weighted by atomic mass is 9.94. The predicted molar refractivity (Wildman–Crippen MR) is 162 cm³/mol. The molecular formula is C32H34N4O3S. The maximum Gasteiger partial charge on any atom is 0.271 e. The number of rotatable bonds is 8. The topological polar surface area (TPSA) is 68.8 Å². The van der Waals surface area contributed by atoms with Crippen molar-refractivity contribution in [2.75, 3.05) is 20.2 Å². The van der Waals surface area contributed by atoms with Crippen molar-refractivity contribution in [2.24, 2.45) is 4.99 Å². The van der Waals surface area contributed by atoms with Gasteiger partial charge in [0.15, 0.2) is 4.80 Å². The lowest BCUT2D eigenvalue weighted by molar-refractivity contribution is -0.127. The number of methoxy groups -OCH3 is 1. The molecule has 2 aromatic carbocycles. The summed E-state index contributed by atoms with van der Waals surface area (Å²) in [5.41, 5.74) is 4.81. The Balaban J connectivity index is 1.79. The van der Waals surface area contributed by atoms with Crippen molar-refractivity contribution in [1.29, 1.82) is 0 Å². The lowest BCUT2D eigenvalue weighted by Crippen LogP contribution is -2.43. The summed E-state index contributed by atoms with van der Waals surface area (Å²) in [6.07, 6.45) is 3.84. The number of benzene rings is 2. The Hall–Kier alpha value is -4.17. The molecule has 0 unspecified atom stereocenters. The Kier molecular flexibility index (Phi) is 7.63. The van der Waals surface area contributed by atoms with Gasteiger partial charge in [-0.3, -0.25) is 14.2 Å². The van der Waals surface area contributed by atoms with E-state index in [1.807, 2.05) is 69.3 Å². The van der Waals surface area contributed by atoms with Crippen LogP contribution in [0.15, 0.2) is 82.2 Å². The first-order valence-electron chi connectivity index (χ1n) is 13.5. The molecule has 4 aromatic rings. The average molecular weight is 555 g/mol. The Morgan fingerprint density at radius 2 is 1.82 bits per heavy atom. The van der Waals surface area contributed by atoms with Crippen LogP contribution in [0.2, 0.25) is 0 Å². The van der Waals surface area contributed by atoms with Crippen LogP contribution < -0.4 is 19.6 Å². The summed E-state index contributed by atoms with van der Waals surface area (Å²) in [4.78, 5) is 35.2. The van der Waals surface area contributed by atoms with Gasteiger partial charge in [-0.05, 0) is 45.9 Å². The van der Waals surface area contributed by atoms with Crippen LogP contribution >= 0.6 is 11.3 Å². The van der Waals surface area contributed by atoms with E-state index < -0.39 is 6.04 Å². The van der Waals surface area contributed by atoms with Gasteiger partial charge >= 0.3 is 0 Å². The zero-order valence-electron chi connectivity index (χ0n) is 23.6. The quantitative estimate of drug-likeness (QED) is 0.300. The summed E-state index contributed by atoms with van der Waals surface area (Å²) in [7, 11) is 1.60. The van der Waals surface area contributed by atoms with Gasteiger partial charge in [-0.25, -0.2) is 4.99 Å². The number of fused-ring (bicyclic) bond motifs is 2. The first-order valence-corrected chi connectivity index (χ1v) is 14.3. The third-order valence-corrected chi connectivity index (χ3v) is 8.59. The SMILES string of the molecule is C=CCn1c(C)c(/C=c2/sc3n(c2=O)[C@@H](c2ccccc2OC)C(C(=O)N(CC)CC)=C(C)N=3)c2ccccc21. The number of hydrogen-bond donors (Lipinski definition) is 0. The molecule has 0 saturated carbocycles. The van der Waals surface area contributed by atoms with E-state index >= 15 is 0 Å². The highest BCUT2D eigenvalue weighted by Crippen LogP contribution is 2.36. The number of hydrogen-bond acceptors (Lipinski definition) is 5. The van der Waals surface area contributed by atoms with E-state index in [1.165, 1.54) is 11.3 Å². The lowest BCUT2D eigenvalue weighted by Gasteiger charge is -2.29. The third kappa shape index (κ3) is 4.42. The van der Waals surface area contributed by atoms with Crippen molar-refractivity contribution < 1.29 is 9.53 Å². The minimum Gasteiger partial charge on any atom is -0.496 e. The Labute approximate surface area is 237 Å². The first-order chi connectivity index (χ1) is 19.4. The van der Waals surface area contributed by atoms with Crippen molar-refractivity contribution in [3.63, 3.8) is 0 Å². The van der Waals surface area contributed by atoms with Crippen molar-refractivity contribution in [1.82, 2.24) is 14.0 Å². The summed E-state index contributed by atoms with van der Waals surface area (Å²) >= 11 is 1.34. The molecule has 0 saturated heterocycles.